The van der Waals surface area contributed by atoms with Crippen LogP contribution in [0.4, 0.5) is 0 Å². The van der Waals surface area contributed by atoms with Gasteiger partial charge >= 0.3 is 17.9 Å². The number of Topliss-reactive ketones (excluding diaryl/α,β-unsaturated/α-hetero) is 1. The molecule has 0 spiro atoms. The van der Waals surface area contributed by atoms with Gasteiger partial charge in [-0.2, -0.15) is 0 Å². The van der Waals surface area contributed by atoms with Crippen molar-refractivity contribution in [3.05, 3.63) is 175 Å². The van der Waals surface area contributed by atoms with E-state index in [1.165, 1.54) is 40.5 Å². The molecule has 4 aromatic heterocycles. The van der Waals surface area contributed by atoms with Gasteiger partial charge in [-0.25, -0.2) is 4.79 Å². The molecule has 6 aromatic rings. The quantitative estimate of drug-likeness (QED) is 0.0772. The Kier molecular flexibility index (Phi) is 23.7. The number of aromatic nitrogens is 4. The maximum atomic E-state index is 13.7. The van der Waals surface area contributed by atoms with Crippen molar-refractivity contribution in [1.82, 2.24) is 19.1 Å². The molecule has 0 aliphatic rings. The van der Waals surface area contributed by atoms with Gasteiger partial charge in [-0.3, -0.25) is 33.9 Å². The third-order valence-corrected chi connectivity index (χ3v) is 12.6. The number of carbonyl (C=O) groups is 4. The molecule has 2 aromatic carbocycles. The highest BCUT2D eigenvalue weighted by Crippen LogP contribution is 2.34. The molecular weight excluding hydrogens is 935 g/mol. The number of ether oxygens (including phenoxy) is 2. The molecule has 74 heavy (non-hydrogen) atoms. The van der Waals surface area contributed by atoms with Crippen LogP contribution < -0.4 is 16.9 Å². The van der Waals surface area contributed by atoms with E-state index in [4.69, 9.17) is 15.6 Å². The standard InChI is InChI=1S/C30H36N2O4.C17H20N2O2.C12H17NO3.CH4/c1-19(2)12-26(32-11-10-20(3)13-28(32)34)27(33)15-23(16-29(35)36-6)24-14-25(18-31-17-24)30-21(4)8-7-9-22(30)5;1-11-5-4-6-12(2)17(11)14-7-13(9-19-10-14)15(18)8-16(20)21-3;1-8(2)6-10(12(15)16)13-5-4-9(3)7-11(13)14;/h7-11,13-14,17-19,23,26H,12,15-16H2,1-6H3;4-7,9-10,15H,8,18H2,1-3H3;4-5,7-8,10H,6H2,1-3H3,(H,15,16);1H4/t23-,26?;15-;10-;/m000./s1. The molecule has 0 radical (unpaired) electrons. The summed E-state index contributed by atoms with van der Waals surface area (Å²) in [4.78, 5) is 81.6. The predicted molar refractivity (Wildman–Crippen MR) is 293 cm³/mol. The molecule has 14 nitrogen and oxygen atoms in total. The van der Waals surface area contributed by atoms with Crippen LogP contribution in [0.25, 0.3) is 22.3 Å². The molecule has 0 fully saturated rings. The summed E-state index contributed by atoms with van der Waals surface area (Å²) in [5, 5.41) is 9.11. The van der Waals surface area contributed by atoms with Crippen LogP contribution in [-0.4, -0.2) is 62.1 Å². The number of carboxylic acid groups (broad SMARTS) is 1. The number of carboxylic acids is 1. The zero-order chi connectivity index (χ0) is 54.1. The van der Waals surface area contributed by atoms with Crippen LogP contribution in [0.5, 0.6) is 0 Å². The first kappa shape index (κ1) is 61.0. The van der Waals surface area contributed by atoms with Crippen molar-refractivity contribution < 1.29 is 33.8 Å². The fourth-order valence-electron chi connectivity index (χ4n) is 8.83. The van der Waals surface area contributed by atoms with Crippen LogP contribution in [-0.2, 0) is 28.7 Å². The summed E-state index contributed by atoms with van der Waals surface area (Å²) in [5.41, 5.74) is 17.8. The third-order valence-electron chi connectivity index (χ3n) is 12.6. The lowest BCUT2D eigenvalue weighted by atomic mass is 9.86. The van der Waals surface area contributed by atoms with E-state index in [2.05, 4.69) is 66.7 Å². The van der Waals surface area contributed by atoms with Gasteiger partial charge in [0.1, 0.15) is 6.04 Å². The van der Waals surface area contributed by atoms with Crippen LogP contribution in [0.1, 0.15) is 136 Å². The fourth-order valence-corrected chi connectivity index (χ4v) is 8.83. The van der Waals surface area contributed by atoms with E-state index < -0.39 is 36.0 Å². The minimum Gasteiger partial charge on any atom is -0.480 e. The molecule has 4 heterocycles. The number of benzene rings is 2. The van der Waals surface area contributed by atoms with Gasteiger partial charge in [-0.1, -0.05) is 71.5 Å². The number of hydrogen-bond acceptors (Lipinski definition) is 11. The van der Waals surface area contributed by atoms with Gasteiger partial charge in [0.2, 0.25) is 0 Å². The summed E-state index contributed by atoms with van der Waals surface area (Å²) >= 11 is 0. The number of pyridine rings is 4. The van der Waals surface area contributed by atoms with Crippen molar-refractivity contribution in [3.8, 4) is 22.3 Å². The van der Waals surface area contributed by atoms with Gasteiger partial charge in [0.25, 0.3) is 11.1 Å². The molecule has 0 saturated heterocycles. The molecule has 0 aliphatic heterocycles. The number of ketones is 1. The lowest BCUT2D eigenvalue weighted by molar-refractivity contribution is -0.142. The Bertz CT molecular complexity index is 2930. The normalized spacial score (nSPS) is 12.4. The lowest BCUT2D eigenvalue weighted by Crippen LogP contribution is -2.31. The van der Waals surface area contributed by atoms with Crippen molar-refractivity contribution in [1.29, 1.82) is 0 Å². The first-order valence-corrected chi connectivity index (χ1v) is 24.6. The maximum absolute atomic E-state index is 13.7. The van der Waals surface area contributed by atoms with Crippen LogP contribution >= 0.6 is 0 Å². The van der Waals surface area contributed by atoms with Gasteiger partial charge < -0.3 is 29.4 Å². The van der Waals surface area contributed by atoms with Gasteiger partial charge in [0, 0.05) is 78.8 Å². The van der Waals surface area contributed by atoms with E-state index in [9.17, 15) is 28.8 Å². The van der Waals surface area contributed by atoms with Crippen molar-refractivity contribution >= 4 is 23.7 Å². The number of aryl methyl sites for hydroxylation is 6. The monoisotopic (exact) mass is 1010 g/mol. The lowest BCUT2D eigenvalue weighted by Gasteiger charge is -2.24. The Morgan fingerprint density at radius 2 is 0.986 bits per heavy atom. The van der Waals surface area contributed by atoms with Crippen molar-refractivity contribution in [3.63, 3.8) is 0 Å². The van der Waals surface area contributed by atoms with Crippen LogP contribution in [0.3, 0.4) is 0 Å². The molecular formula is C60H77N5O9. The second-order valence-corrected chi connectivity index (χ2v) is 19.6. The van der Waals surface area contributed by atoms with E-state index in [0.717, 1.165) is 55.6 Å². The van der Waals surface area contributed by atoms with E-state index in [-0.39, 0.29) is 61.4 Å². The Morgan fingerprint density at radius 1 is 0.581 bits per heavy atom. The summed E-state index contributed by atoms with van der Waals surface area (Å²) in [7, 11) is 2.71. The van der Waals surface area contributed by atoms with Gasteiger partial charge in [0.15, 0.2) is 5.78 Å². The molecule has 0 saturated carbocycles. The highest BCUT2D eigenvalue weighted by atomic mass is 16.5. The first-order valence-electron chi connectivity index (χ1n) is 24.6. The maximum Gasteiger partial charge on any atom is 0.326 e. The largest absolute Gasteiger partial charge is 0.480 e. The molecule has 6 rings (SSSR count). The molecule has 14 heteroatoms. The average molecular weight is 1010 g/mol. The summed E-state index contributed by atoms with van der Waals surface area (Å²) < 4.78 is 12.4. The number of nitrogens with zero attached hydrogens (tertiary/aromatic N) is 4. The number of aliphatic carboxylic acids is 1. The van der Waals surface area contributed by atoms with Crippen LogP contribution in [0, 0.1) is 53.4 Å². The fraction of sp³-hybridized carbons (Fsp3) is 0.400. The molecule has 0 aliphatic carbocycles. The number of carbonyl (C=O) groups excluding carboxylic acids is 3. The second kappa shape index (κ2) is 28.8. The minimum atomic E-state index is -0.959. The number of esters is 2. The Hall–Kier alpha value is -7.32. The zero-order valence-electron chi connectivity index (χ0n) is 44.5. The summed E-state index contributed by atoms with van der Waals surface area (Å²) in [6, 6.07) is 21.1. The van der Waals surface area contributed by atoms with E-state index in [1.54, 1.807) is 36.9 Å². The molecule has 1 unspecified atom stereocenters. The molecule has 4 atom stereocenters. The predicted octanol–water partition coefficient (Wildman–Crippen LogP) is 11.1. The Labute approximate surface area is 437 Å². The third kappa shape index (κ3) is 17.4. The molecule has 3 N–H and O–H groups in total. The SMILES string of the molecule is C.COC(=O)C[C@H](CC(=O)C(CC(C)C)n1ccc(C)cc1=O)c1cncc(-c2c(C)cccc2C)c1.COC(=O)C[C@H](N)c1cncc(-c2c(C)cccc2C)c1.Cc1ccn([C@@H](CC(C)C)C(=O)O)c(=O)c1. The Balaban J connectivity index is 0.000000321. The number of nitrogens with two attached hydrogens (primary N) is 1. The minimum absolute atomic E-state index is 0. The van der Waals surface area contributed by atoms with E-state index in [0.29, 0.717) is 12.8 Å². The molecule has 396 valence electrons. The van der Waals surface area contributed by atoms with Crippen molar-refractivity contribution in [2.45, 2.75) is 133 Å². The van der Waals surface area contributed by atoms with Crippen LogP contribution in [0.2, 0.25) is 0 Å². The van der Waals surface area contributed by atoms with Gasteiger partial charge in [-0.05, 0) is 146 Å². The highest BCUT2D eigenvalue weighted by molar-refractivity contribution is 5.84. The Morgan fingerprint density at radius 3 is 1.41 bits per heavy atom. The summed E-state index contributed by atoms with van der Waals surface area (Å²) in [6.45, 7) is 19.9. The first-order chi connectivity index (χ1) is 34.5. The van der Waals surface area contributed by atoms with E-state index >= 15 is 0 Å². The van der Waals surface area contributed by atoms with Crippen molar-refractivity contribution in [2.24, 2.45) is 17.6 Å². The highest BCUT2D eigenvalue weighted by Gasteiger charge is 2.28. The summed E-state index contributed by atoms with van der Waals surface area (Å²) in [6.07, 6.45) is 11.6. The summed E-state index contributed by atoms with van der Waals surface area (Å²) in [5.74, 6) is -1.73. The van der Waals surface area contributed by atoms with Gasteiger partial charge in [0.05, 0.1) is 33.1 Å². The zero-order valence-corrected chi connectivity index (χ0v) is 44.5. The smallest absolute Gasteiger partial charge is 0.326 e. The van der Waals surface area contributed by atoms with Crippen LogP contribution in [0.15, 0.2) is 120 Å². The van der Waals surface area contributed by atoms with Crippen molar-refractivity contribution in [2.75, 3.05) is 14.2 Å². The molecule has 0 amide bonds. The second-order valence-electron chi connectivity index (χ2n) is 19.6. The van der Waals surface area contributed by atoms with Gasteiger partial charge in [-0.15, -0.1) is 0 Å². The number of rotatable bonds is 18. The number of methoxy groups -OCH3 is 2. The average Bonchev–Trinajstić information content (AvgIpc) is 3.33. The topological polar surface area (TPSA) is 203 Å². The number of hydrogen-bond donors (Lipinski definition) is 2. The van der Waals surface area contributed by atoms with E-state index in [1.807, 2.05) is 84.3 Å². The molecule has 0 bridgehead atoms.